The molecule has 0 N–H and O–H groups in total. The average Bonchev–Trinajstić information content (AvgIpc) is 2.40. The first-order valence-corrected chi connectivity index (χ1v) is 6.85. The molecule has 0 aromatic heterocycles. The fourth-order valence-electron chi connectivity index (χ4n) is 2.52. The second-order valence-corrected chi connectivity index (χ2v) is 5.47. The van der Waals surface area contributed by atoms with Gasteiger partial charge in [0.25, 0.3) is 0 Å². The molecule has 21 heavy (non-hydrogen) atoms. The Bertz CT molecular complexity index is 558. The molecule has 1 aliphatic rings. The maximum absolute atomic E-state index is 12.5. The van der Waals surface area contributed by atoms with Crippen LogP contribution in [-0.2, 0) is 17.5 Å². The molecule has 0 unspecified atom stereocenters. The lowest BCUT2D eigenvalue weighted by atomic mass is 9.98. The van der Waals surface area contributed by atoms with Gasteiger partial charge < -0.3 is 0 Å². The number of hydrogen-bond acceptors (Lipinski definition) is 2. The Morgan fingerprint density at radius 2 is 1.86 bits per heavy atom. The summed E-state index contributed by atoms with van der Waals surface area (Å²) in [5.41, 5.74) is 2.13. The third kappa shape index (κ3) is 3.94. The zero-order chi connectivity index (χ0) is 15.6. The van der Waals surface area contributed by atoms with E-state index in [2.05, 4.69) is 4.90 Å². The summed E-state index contributed by atoms with van der Waals surface area (Å²) >= 11 is 0. The summed E-state index contributed by atoms with van der Waals surface area (Å²) in [7, 11) is 0. The van der Waals surface area contributed by atoms with Gasteiger partial charge in [0.15, 0.2) is 5.78 Å². The number of halogens is 3. The minimum Gasteiger partial charge on any atom is -0.295 e. The van der Waals surface area contributed by atoms with Crippen molar-refractivity contribution in [2.45, 2.75) is 33.0 Å². The molecule has 0 fully saturated rings. The molecule has 2 nitrogen and oxygen atoms in total. The van der Waals surface area contributed by atoms with Crippen LogP contribution in [0.25, 0.3) is 0 Å². The molecule has 0 saturated heterocycles. The van der Waals surface area contributed by atoms with Gasteiger partial charge in [-0.2, -0.15) is 13.2 Å². The highest BCUT2D eigenvalue weighted by molar-refractivity contribution is 5.94. The number of carbonyl (C=O) groups is 1. The van der Waals surface area contributed by atoms with Gasteiger partial charge in [-0.25, -0.2) is 0 Å². The van der Waals surface area contributed by atoms with E-state index in [-0.39, 0.29) is 5.78 Å². The zero-order valence-electron chi connectivity index (χ0n) is 12.1. The third-order valence-electron chi connectivity index (χ3n) is 3.81. The molecule has 1 aliphatic heterocycles. The summed E-state index contributed by atoms with van der Waals surface area (Å²) in [6, 6.07) is 5.21. The third-order valence-corrected chi connectivity index (χ3v) is 3.81. The van der Waals surface area contributed by atoms with Crippen molar-refractivity contribution >= 4 is 5.78 Å². The lowest BCUT2D eigenvalue weighted by molar-refractivity contribution is -0.137. The van der Waals surface area contributed by atoms with E-state index in [1.807, 2.05) is 6.92 Å². The summed E-state index contributed by atoms with van der Waals surface area (Å²) in [6.45, 7) is 5.47. The molecule has 0 spiro atoms. The summed E-state index contributed by atoms with van der Waals surface area (Å²) in [4.78, 5) is 13.6. The van der Waals surface area contributed by atoms with Crippen LogP contribution in [-0.4, -0.2) is 23.8 Å². The first-order chi connectivity index (χ1) is 9.77. The Balaban J connectivity index is 2.05. The van der Waals surface area contributed by atoms with E-state index >= 15 is 0 Å². The number of carbonyl (C=O) groups excluding carboxylic acids is 1. The smallest absolute Gasteiger partial charge is 0.295 e. The van der Waals surface area contributed by atoms with Crippen LogP contribution in [0.5, 0.6) is 0 Å². The molecular weight excluding hydrogens is 279 g/mol. The van der Waals surface area contributed by atoms with Crippen LogP contribution in [0.3, 0.4) is 0 Å². The quantitative estimate of drug-likeness (QED) is 0.845. The van der Waals surface area contributed by atoms with Crippen molar-refractivity contribution < 1.29 is 18.0 Å². The van der Waals surface area contributed by atoms with Crippen molar-refractivity contribution in [2.24, 2.45) is 0 Å². The fourth-order valence-corrected chi connectivity index (χ4v) is 2.52. The standard InChI is InChI=1S/C16H18F3NO/c1-11-7-8-20(10-15(11)12(2)21)9-13-3-5-14(6-4-13)16(17,18)19/h3-6H,7-10H2,1-2H3. The van der Waals surface area contributed by atoms with Gasteiger partial charge in [-0.3, -0.25) is 9.69 Å². The van der Waals surface area contributed by atoms with Crippen molar-refractivity contribution in [1.29, 1.82) is 0 Å². The second kappa shape index (κ2) is 6.02. The van der Waals surface area contributed by atoms with E-state index < -0.39 is 11.7 Å². The lowest BCUT2D eigenvalue weighted by Crippen LogP contribution is -2.32. The van der Waals surface area contributed by atoms with Crippen LogP contribution in [0, 0.1) is 0 Å². The number of Topliss-reactive ketones (excluding diaryl/α,β-unsaturated/α-hetero) is 1. The highest BCUT2D eigenvalue weighted by atomic mass is 19.4. The molecule has 0 bridgehead atoms. The van der Waals surface area contributed by atoms with E-state index in [1.165, 1.54) is 12.1 Å². The summed E-state index contributed by atoms with van der Waals surface area (Å²) in [6.07, 6.45) is -3.47. The Morgan fingerprint density at radius 1 is 1.24 bits per heavy atom. The van der Waals surface area contributed by atoms with Gasteiger partial charge in [0.1, 0.15) is 0 Å². The van der Waals surface area contributed by atoms with Gasteiger partial charge in [-0.1, -0.05) is 17.7 Å². The van der Waals surface area contributed by atoms with Crippen LogP contribution in [0.15, 0.2) is 35.4 Å². The molecule has 1 aromatic rings. The van der Waals surface area contributed by atoms with E-state index in [1.54, 1.807) is 6.92 Å². The number of rotatable bonds is 3. The van der Waals surface area contributed by atoms with Gasteiger partial charge in [-0.05, 0) is 38.0 Å². The maximum Gasteiger partial charge on any atom is 0.416 e. The molecule has 114 valence electrons. The SMILES string of the molecule is CC(=O)C1=C(C)CCN(Cc2ccc(C(F)(F)F)cc2)C1. The Morgan fingerprint density at radius 3 is 2.38 bits per heavy atom. The summed E-state index contributed by atoms with van der Waals surface area (Å²) in [5.74, 6) is 0.0737. The van der Waals surface area contributed by atoms with Crippen LogP contribution in [0.1, 0.15) is 31.4 Å². The Labute approximate surface area is 122 Å². The molecule has 1 aromatic carbocycles. The Kier molecular flexibility index (Phi) is 4.52. The van der Waals surface area contributed by atoms with E-state index in [0.717, 1.165) is 41.8 Å². The highest BCUT2D eigenvalue weighted by Gasteiger charge is 2.30. The second-order valence-electron chi connectivity index (χ2n) is 5.47. The van der Waals surface area contributed by atoms with Crippen LogP contribution in [0.2, 0.25) is 0 Å². The van der Waals surface area contributed by atoms with Gasteiger partial charge in [-0.15, -0.1) is 0 Å². The van der Waals surface area contributed by atoms with Crippen molar-refractivity contribution in [3.05, 3.63) is 46.5 Å². The van der Waals surface area contributed by atoms with Crippen molar-refractivity contribution in [1.82, 2.24) is 4.90 Å². The largest absolute Gasteiger partial charge is 0.416 e. The fraction of sp³-hybridized carbons (Fsp3) is 0.438. The highest BCUT2D eigenvalue weighted by Crippen LogP contribution is 2.29. The molecule has 0 aliphatic carbocycles. The normalized spacial score (nSPS) is 17.2. The number of hydrogen-bond donors (Lipinski definition) is 0. The molecule has 1 heterocycles. The van der Waals surface area contributed by atoms with Gasteiger partial charge >= 0.3 is 6.18 Å². The van der Waals surface area contributed by atoms with Crippen LogP contribution in [0.4, 0.5) is 13.2 Å². The van der Waals surface area contributed by atoms with Crippen molar-refractivity contribution in [3.63, 3.8) is 0 Å². The lowest BCUT2D eigenvalue weighted by Gasteiger charge is -2.29. The van der Waals surface area contributed by atoms with E-state index in [4.69, 9.17) is 0 Å². The maximum atomic E-state index is 12.5. The summed E-state index contributed by atoms with van der Waals surface area (Å²) < 4.78 is 37.5. The number of benzene rings is 1. The van der Waals surface area contributed by atoms with Gasteiger partial charge in [0, 0.05) is 25.2 Å². The average molecular weight is 297 g/mol. The molecule has 0 amide bonds. The summed E-state index contributed by atoms with van der Waals surface area (Å²) in [5, 5.41) is 0. The zero-order valence-corrected chi connectivity index (χ0v) is 12.1. The predicted molar refractivity (Wildman–Crippen MR) is 74.7 cm³/mol. The molecule has 0 saturated carbocycles. The first-order valence-electron chi connectivity index (χ1n) is 6.85. The van der Waals surface area contributed by atoms with Crippen LogP contribution < -0.4 is 0 Å². The molecule has 0 radical (unpaired) electrons. The molecule has 0 atom stereocenters. The number of nitrogens with zero attached hydrogens (tertiary/aromatic N) is 1. The Hall–Kier alpha value is -1.62. The number of ketones is 1. The molecule has 5 heteroatoms. The van der Waals surface area contributed by atoms with E-state index in [9.17, 15) is 18.0 Å². The number of alkyl halides is 3. The van der Waals surface area contributed by atoms with Crippen molar-refractivity contribution in [2.75, 3.05) is 13.1 Å². The van der Waals surface area contributed by atoms with Crippen molar-refractivity contribution in [3.8, 4) is 0 Å². The molecular formula is C16H18F3NO. The molecule has 2 rings (SSSR count). The predicted octanol–water partition coefficient (Wildman–Crippen LogP) is 3.82. The minimum atomic E-state index is -4.30. The van der Waals surface area contributed by atoms with Crippen LogP contribution >= 0.6 is 0 Å². The first kappa shape index (κ1) is 15.8. The topological polar surface area (TPSA) is 20.3 Å². The van der Waals surface area contributed by atoms with E-state index in [0.29, 0.717) is 13.1 Å². The van der Waals surface area contributed by atoms with Gasteiger partial charge in [0.2, 0.25) is 0 Å². The minimum absolute atomic E-state index is 0.0737. The monoisotopic (exact) mass is 297 g/mol. The van der Waals surface area contributed by atoms with Gasteiger partial charge in [0.05, 0.1) is 5.56 Å².